The van der Waals surface area contributed by atoms with Crippen molar-refractivity contribution >= 4 is 11.8 Å². The molecule has 1 heterocycles. The maximum absolute atomic E-state index is 11.2. The van der Waals surface area contributed by atoms with Crippen LogP contribution in [0.1, 0.15) is 12.6 Å². The third-order valence-electron chi connectivity index (χ3n) is 2.81. The van der Waals surface area contributed by atoms with Crippen molar-refractivity contribution in [3.05, 3.63) is 28.2 Å². The summed E-state index contributed by atoms with van der Waals surface area (Å²) in [6.45, 7) is 5.21. The van der Waals surface area contributed by atoms with Gasteiger partial charge in [0.1, 0.15) is 0 Å². The van der Waals surface area contributed by atoms with Crippen molar-refractivity contribution in [3.63, 3.8) is 0 Å². The van der Waals surface area contributed by atoms with Gasteiger partial charge in [-0.15, -0.1) is 6.42 Å². The molecule has 1 aromatic rings. The van der Waals surface area contributed by atoms with Crippen LogP contribution in [-0.2, 0) is 6.54 Å². The van der Waals surface area contributed by atoms with E-state index >= 15 is 0 Å². The molecule has 0 bridgehead atoms. The molecule has 19 heavy (non-hydrogen) atoms. The lowest BCUT2D eigenvalue weighted by Crippen LogP contribution is -2.28. The summed E-state index contributed by atoms with van der Waals surface area (Å²) in [5.41, 5.74) is 0.292. The summed E-state index contributed by atoms with van der Waals surface area (Å²) in [5.74, 6) is 4.30. The van der Waals surface area contributed by atoms with Gasteiger partial charge in [-0.2, -0.15) is 11.8 Å². The van der Waals surface area contributed by atoms with E-state index < -0.39 is 0 Å². The highest BCUT2D eigenvalue weighted by Gasteiger charge is 2.05. The van der Waals surface area contributed by atoms with E-state index in [-0.39, 0.29) is 11.2 Å². The van der Waals surface area contributed by atoms with Crippen LogP contribution < -0.4 is 10.7 Å². The average Bonchev–Trinajstić information content (AvgIpc) is 2.40. The van der Waals surface area contributed by atoms with Crippen molar-refractivity contribution in [1.82, 2.24) is 9.88 Å². The number of hydrogen-bond donors (Lipinski definition) is 2. The summed E-state index contributed by atoms with van der Waals surface area (Å²) >= 11 is 1.81. The van der Waals surface area contributed by atoms with Crippen molar-refractivity contribution in [2.75, 3.05) is 18.1 Å². The van der Waals surface area contributed by atoms with Gasteiger partial charge in [-0.3, -0.25) is 4.79 Å². The first-order chi connectivity index (χ1) is 9.06. The molecule has 104 valence electrons. The summed E-state index contributed by atoms with van der Waals surface area (Å²) in [5, 5.41) is 12.8. The standard InChI is InChI=1S/C14H20N2O2S/c1-4-6-15-11(2)10-19-9-8-16-7-5-13(17)14(18)12(16)3/h1,5,7,11,15,18H,6,8-10H2,2-3H3. The molecule has 0 amide bonds. The first kappa shape index (κ1) is 15.7. The quantitative estimate of drug-likeness (QED) is 0.582. The van der Waals surface area contributed by atoms with Crippen molar-refractivity contribution < 1.29 is 5.11 Å². The van der Waals surface area contributed by atoms with Crippen molar-refractivity contribution in [2.24, 2.45) is 0 Å². The Hall–Kier alpha value is -1.38. The van der Waals surface area contributed by atoms with Crippen LogP contribution in [0.5, 0.6) is 5.75 Å². The van der Waals surface area contributed by atoms with E-state index in [9.17, 15) is 9.90 Å². The second kappa shape index (κ2) is 7.93. The van der Waals surface area contributed by atoms with Crippen LogP contribution in [0.25, 0.3) is 0 Å². The number of pyridine rings is 1. The summed E-state index contributed by atoms with van der Waals surface area (Å²) in [4.78, 5) is 11.2. The Balaban J connectivity index is 2.36. The molecule has 5 heteroatoms. The molecule has 0 aliphatic heterocycles. The molecular weight excluding hydrogens is 260 g/mol. The Kier molecular flexibility index (Phi) is 6.54. The van der Waals surface area contributed by atoms with E-state index in [1.807, 2.05) is 16.3 Å². The normalized spacial score (nSPS) is 12.1. The zero-order valence-corrected chi connectivity index (χ0v) is 12.2. The van der Waals surface area contributed by atoms with Gasteiger partial charge in [-0.25, -0.2) is 0 Å². The van der Waals surface area contributed by atoms with Crippen molar-refractivity contribution in [2.45, 2.75) is 26.4 Å². The van der Waals surface area contributed by atoms with Gasteiger partial charge in [0.15, 0.2) is 5.75 Å². The van der Waals surface area contributed by atoms with E-state index in [2.05, 4.69) is 18.2 Å². The van der Waals surface area contributed by atoms with Crippen molar-refractivity contribution in [3.8, 4) is 18.1 Å². The lowest BCUT2D eigenvalue weighted by atomic mass is 10.3. The molecule has 2 N–H and O–H groups in total. The molecule has 4 nitrogen and oxygen atoms in total. The number of thioether (sulfide) groups is 1. The Morgan fingerprint density at radius 3 is 3.05 bits per heavy atom. The summed E-state index contributed by atoms with van der Waals surface area (Å²) < 4.78 is 1.89. The number of aryl methyl sites for hydroxylation is 1. The van der Waals surface area contributed by atoms with Crippen LogP contribution in [0, 0.1) is 19.3 Å². The molecule has 1 atom stereocenters. The number of terminal acetylenes is 1. The molecular formula is C14H20N2O2S. The monoisotopic (exact) mass is 280 g/mol. The molecule has 1 unspecified atom stereocenters. The maximum Gasteiger partial charge on any atom is 0.223 e. The van der Waals surface area contributed by atoms with Crippen LogP contribution in [0.15, 0.2) is 17.1 Å². The van der Waals surface area contributed by atoms with Gasteiger partial charge in [-0.1, -0.05) is 5.92 Å². The maximum atomic E-state index is 11.2. The summed E-state index contributed by atoms with van der Waals surface area (Å²) in [7, 11) is 0. The second-order valence-corrected chi connectivity index (χ2v) is 5.52. The third kappa shape index (κ3) is 5.01. The molecule has 0 saturated carbocycles. The van der Waals surface area contributed by atoms with Gasteiger partial charge in [0.05, 0.1) is 12.2 Å². The molecule has 1 aromatic heterocycles. The fourth-order valence-corrected chi connectivity index (χ4v) is 2.58. The number of rotatable bonds is 7. The fraction of sp³-hybridized carbons (Fsp3) is 0.500. The molecule has 0 aliphatic carbocycles. The van der Waals surface area contributed by atoms with Crippen LogP contribution in [0.3, 0.4) is 0 Å². The zero-order valence-electron chi connectivity index (χ0n) is 11.3. The Morgan fingerprint density at radius 2 is 2.37 bits per heavy atom. The molecule has 0 aliphatic rings. The predicted molar refractivity (Wildman–Crippen MR) is 80.7 cm³/mol. The number of nitrogens with zero attached hydrogens (tertiary/aromatic N) is 1. The first-order valence-corrected chi connectivity index (χ1v) is 7.35. The van der Waals surface area contributed by atoms with Crippen LogP contribution in [0.4, 0.5) is 0 Å². The van der Waals surface area contributed by atoms with Crippen LogP contribution in [-0.4, -0.2) is 33.8 Å². The Bertz CT molecular complexity index is 505. The molecule has 0 fully saturated rings. The minimum atomic E-state index is -0.325. The number of aromatic hydroxyl groups is 1. The van der Waals surface area contributed by atoms with Gasteiger partial charge in [0.2, 0.25) is 5.43 Å². The van der Waals surface area contributed by atoms with E-state index in [1.54, 1.807) is 13.1 Å². The van der Waals surface area contributed by atoms with E-state index in [1.165, 1.54) is 6.07 Å². The van der Waals surface area contributed by atoms with Gasteiger partial charge < -0.3 is 15.0 Å². The molecule has 1 rings (SSSR count). The molecule has 0 spiro atoms. The summed E-state index contributed by atoms with van der Waals surface area (Å²) in [6.07, 6.45) is 6.90. The third-order valence-corrected chi connectivity index (χ3v) is 4.02. The number of hydrogen-bond acceptors (Lipinski definition) is 4. The van der Waals surface area contributed by atoms with Gasteiger partial charge in [-0.05, 0) is 13.8 Å². The fourth-order valence-electron chi connectivity index (χ4n) is 1.62. The minimum absolute atomic E-state index is 0.156. The van der Waals surface area contributed by atoms with Crippen molar-refractivity contribution in [1.29, 1.82) is 0 Å². The Labute approximate surface area is 118 Å². The van der Waals surface area contributed by atoms with Gasteiger partial charge in [0, 0.05) is 36.4 Å². The van der Waals surface area contributed by atoms with E-state index in [0.717, 1.165) is 18.1 Å². The molecule has 0 radical (unpaired) electrons. The largest absolute Gasteiger partial charge is 0.503 e. The highest BCUT2D eigenvalue weighted by Crippen LogP contribution is 2.11. The topological polar surface area (TPSA) is 54.3 Å². The number of nitrogens with one attached hydrogen (secondary N) is 1. The number of aromatic nitrogens is 1. The Morgan fingerprint density at radius 1 is 1.63 bits per heavy atom. The molecule has 0 aromatic carbocycles. The van der Waals surface area contributed by atoms with E-state index in [0.29, 0.717) is 18.3 Å². The van der Waals surface area contributed by atoms with E-state index in [4.69, 9.17) is 6.42 Å². The van der Waals surface area contributed by atoms with Crippen LogP contribution in [0.2, 0.25) is 0 Å². The smallest absolute Gasteiger partial charge is 0.223 e. The van der Waals surface area contributed by atoms with Gasteiger partial charge >= 0.3 is 0 Å². The highest BCUT2D eigenvalue weighted by molar-refractivity contribution is 7.99. The van der Waals surface area contributed by atoms with Crippen LogP contribution >= 0.6 is 11.8 Å². The minimum Gasteiger partial charge on any atom is -0.503 e. The first-order valence-electron chi connectivity index (χ1n) is 6.20. The molecule has 0 saturated heterocycles. The average molecular weight is 280 g/mol. The lowest BCUT2D eigenvalue weighted by molar-refractivity contribution is 0.454. The summed E-state index contributed by atoms with van der Waals surface area (Å²) in [6, 6.07) is 1.77. The van der Waals surface area contributed by atoms with Gasteiger partial charge in [0.25, 0.3) is 0 Å². The second-order valence-electron chi connectivity index (χ2n) is 4.37. The zero-order chi connectivity index (χ0) is 14.3. The SMILES string of the molecule is C#CCNC(C)CSCCn1ccc(=O)c(O)c1C. The lowest BCUT2D eigenvalue weighted by Gasteiger charge is -2.13. The highest BCUT2D eigenvalue weighted by atomic mass is 32.2. The predicted octanol–water partition coefficient (Wildman–Crippen LogP) is 1.21.